The average molecular weight is 198 g/mol. The first-order valence-corrected chi connectivity index (χ1v) is 5.02. The maximum absolute atomic E-state index is 11.6. The summed E-state index contributed by atoms with van der Waals surface area (Å²) in [5.74, 6) is 0.107. The summed E-state index contributed by atoms with van der Waals surface area (Å²) in [4.78, 5) is 11.6. The van der Waals surface area contributed by atoms with Gasteiger partial charge in [0.05, 0.1) is 18.3 Å². The molecule has 0 aliphatic heterocycles. The van der Waals surface area contributed by atoms with E-state index >= 15 is 0 Å². The predicted octanol–water partition coefficient (Wildman–Crippen LogP) is 2.43. The molecule has 0 heterocycles. The third kappa shape index (κ3) is 2.28. The van der Waals surface area contributed by atoms with Crippen molar-refractivity contribution in [3.63, 3.8) is 0 Å². The number of ether oxygens (including phenoxy) is 1. The Balaban J connectivity index is 2.74. The lowest BCUT2D eigenvalue weighted by atomic mass is 9.71. The Kier molecular flexibility index (Phi) is 3.19. The van der Waals surface area contributed by atoms with Crippen molar-refractivity contribution >= 4 is 5.97 Å². The monoisotopic (exact) mass is 198 g/mol. The highest BCUT2D eigenvalue weighted by atomic mass is 16.5. The molecule has 14 heavy (non-hydrogen) atoms. The lowest BCUT2D eigenvalue weighted by Crippen LogP contribution is -2.34. The zero-order chi connectivity index (χ0) is 10.8. The number of esters is 1. The van der Waals surface area contributed by atoms with E-state index in [1.165, 1.54) is 0 Å². The second-order valence-electron chi connectivity index (χ2n) is 4.40. The third-order valence-corrected chi connectivity index (χ3v) is 2.74. The van der Waals surface area contributed by atoms with Crippen molar-refractivity contribution in [3.8, 4) is 0 Å². The summed E-state index contributed by atoms with van der Waals surface area (Å²) in [6, 6.07) is 0. The molecule has 0 saturated heterocycles. The van der Waals surface area contributed by atoms with Gasteiger partial charge in [-0.15, -0.1) is 0 Å². The minimum Gasteiger partial charge on any atom is -0.513 e. The van der Waals surface area contributed by atoms with E-state index in [1.807, 2.05) is 13.8 Å². The van der Waals surface area contributed by atoms with E-state index in [1.54, 1.807) is 13.0 Å². The van der Waals surface area contributed by atoms with Gasteiger partial charge in [-0.2, -0.15) is 0 Å². The van der Waals surface area contributed by atoms with Gasteiger partial charge in [-0.1, -0.05) is 13.8 Å². The third-order valence-electron chi connectivity index (χ3n) is 2.74. The molecule has 0 amide bonds. The van der Waals surface area contributed by atoms with Gasteiger partial charge in [0.15, 0.2) is 0 Å². The van der Waals surface area contributed by atoms with E-state index in [2.05, 4.69) is 0 Å². The van der Waals surface area contributed by atoms with E-state index in [4.69, 9.17) is 4.74 Å². The smallest absolute Gasteiger partial charge is 0.309 e. The number of rotatable bonds is 2. The number of hydrogen-bond acceptors (Lipinski definition) is 3. The molecule has 0 aromatic heterocycles. The predicted molar refractivity (Wildman–Crippen MR) is 53.8 cm³/mol. The first kappa shape index (κ1) is 11.1. The molecule has 0 aromatic carbocycles. The Morgan fingerprint density at radius 3 is 2.86 bits per heavy atom. The molecule has 3 heteroatoms. The molecular formula is C11H18O3. The van der Waals surface area contributed by atoms with Gasteiger partial charge in [0, 0.05) is 6.42 Å². The number of hydrogen-bond donors (Lipinski definition) is 1. The molecule has 0 bridgehead atoms. The van der Waals surface area contributed by atoms with Gasteiger partial charge >= 0.3 is 5.97 Å². The molecule has 0 fully saturated rings. The zero-order valence-corrected chi connectivity index (χ0v) is 9.04. The second kappa shape index (κ2) is 4.03. The van der Waals surface area contributed by atoms with E-state index in [-0.39, 0.29) is 17.3 Å². The quantitative estimate of drug-likeness (QED) is 0.693. The Labute approximate surface area is 84.8 Å². The highest BCUT2D eigenvalue weighted by Gasteiger charge is 2.38. The second-order valence-corrected chi connectivity index (χ2v) is 4.40. The molecule has 1 aliphatic rings. The number of allylic oxidation sites excluding steroid dienone is 2. The van der Waals surface area contributed by atoms with E-state index < -0.39 is 0 Å². The largest absolute Gasteiger partial charge is 0.513 e. The Morgan fingerprint density at radius 1 is 1.71 bits per heavy atom. The van der Waals surface area contributed by atoms with Crippen LogP contribution in [0.25, 0.3) is 0 Å². The van der Waals surface area contributed by atoms with Crippen molar-refractivity contribution in [1.29, 1.82) is 0 Å². The Hall–Kier alpha value is -0.990. The topological polar surface area (TPSA) is 46.5 Å². The summed E-state index contributed by atoms with van der Waals surface area (Å²) in [6.07, 6.45) is 2.85. The molecule has 0 saturated carbocycles. The number of carbonyl (C=O) groups is 1. The zero-order valence-electron chi connectivity index (χ0n) is 9.04. The molecule has 80 valence electrons. The van der Waals surface area contributed by atoms with Gasteiger partial charge in [-0.25, -0.2) is 0 Å². The van der Waals surface area contributed by atoms with Crippen LogP contribution in [-0.2, 0) is 9.53 Å². The molecule has 0 radical (unpaired) electrons. The molecule has 1 rings (SSSR count). The van der Waals surface area contributed by atoms with Crippen LogP contribution in [0.2, 0.25) is 0 Å². The fraction of sp³-hybridized carbons (Fsp3) is 0.727. The SMILES string of the molecule is CCOC(=O)C1CC=C(O)CC1(C)C. The van der Waals surface area contributed by atoms with Gasteiger partial charge in [0.2, 0.25) is 0 Å². The van der Waals surface area contributed by atoms with Crippen molar-refractivity contribution < 1.29 is 14.6 Å². The van der Waals surface area contributed by atoms with Crippen molar-refractivity contribution in [3.05, 3.63) is 11.8 Å². The highest BCUT2D eigenvalue weighted by molar-refractivity contribution is 5.73. The average Bonchev–Trinajstić information content (AvgIpc) is 2.01. The maximum atomic E-state index is 11.6. The van der Waals surface area contributed by atoms with Gasteiger partial charge in [-0.05, 0) is 24.8 Å². The summed E-state index contributed by atoms with van der Waals surface area (Å²) < 4.78 is 5.00. The van der Waals surface area contributed by atoms with Crippen LogP contribution in [0, 0.1) is 11.3 Å². The van der Waals surface area contributed by atoms with Gasteiger partial charge < -0.3 is 9.84 Å². The minimum atomic E-state index is -0.203. The summed E-state index contributed by atoms with van der Waals surface area (Å²) in [5, 5.41) is 9.38. The van der Waals surface area contributed by atoms with E-state index in [0.717, 1.165) is 0 Å². The summed E-state index contributed by atoms with van der Waals surface area (Å²) in [6.45, 7) is 6.19. The minimum absolute atomic E-state index is 0.127. The van der Waals surface area contributed by atoms with E-state index in [0.29, 0.717) is 25.2 Å². The molecular weight excluding hydrogens is 180 g/mol. The number of carbonyl (C=O) groups excluding carboxylic acids is 1. The molecule has 0 aromatic rings. The van der Waals surface area contributed by atoms with Gasteiger partial charge in [0.25, 0.3) is 0 Å². The molecule has 1 unspecified atom stereocenters. The van der Waals surface area contributed by atoms with Crippen LogP contribution in [0.3, 0.4) is 0 Å². The van der Waals surface area contributed by atoms with Crippen molar-refractivity contribution in [2.45, 2.75) is 33.6 Å². The maximum Gasteiger partial charge on any atom is 0.309 e. The fourth-order valence-corrected chi connectivity index (χ4v) is 1.89. The lowest BCUT2D eigenvalue weighted by Gasteiger charge is -2.34. The normalized spacial score (nSPS) is 25.4. The first-order valence-electron chi connectivity index (χ1n) is 5.02. The van der Waals surface area contributed by atoms with Crippen LogP contribution in [0.5, 0.6) is 0 Å². The molecule has 1 aliphatic carbocycles. The van der Waals surface area contributed by atoms with Crippen molar-refractivity contribution in [1.82, 2.24) is 0 Å². The van der Waals surface area contributed by atoms with Crippen LogP contribution < -0.4 is 0 Å². The Bertz CT molecular complexity index is 253. The number of aliphatic hydroxyl groups excluding tert-OH is 1. The number of aliphatic hydroxyl groups is 1. The summed E-state index contributed by atoms with van der Waals surface area (Å²) in [7, 11) is 0. The van der Waals surface area contributed by atoms with Crippen LogP contribution in [-0.4, -0.2) is 17.7 Å². The van der Waals surface area contributed by atoms with Crippen LogP contribution in [0.15, 0.2) is 11.8 Å². The van der Waals surface area contributed by atoms with Gasteiger partial charge in [-0.3, -0.25) is 4.79 Å². The molecule has 3 nitrogen and oxygen atoms in total. The van der Waals surface area contributed by atoms with Crippen molar-refractivity contribution in [2.24, 2.45) is 11.3 Å². The van der Waals surface area contributed by atoms with Gasteiger partial charge in [0.1, 0.15) is 0 Å². The van der Waals surface area contributed by atoms with Crippen LogP contribution >= 0.6 is 0 Å². The molecule has 1 N–H and O–H groups in total. The van der Waals surface area contributed by atoms with Crippen molar-refractivity contribution in [2.75, 3.05) is 6.61 Å². The fourth-order valence-electron chi connectivity index (χ4n) is 1.89. The molecule has 1 atom stereocenters. The van der Waals surface area contributed by atoms with E-state index in [9.17, 15) is 9.90 Å². The van der Waals surface area contributed by atoms with Crippen LogP contribution in [0.1, 0.15) is 33.6 Å². The summed E-state index contributed by atoms with van der Waals surface area (Å²) >= 11 is 0. The summed E-state index contributed by atoms with van der Waals surface area (Å²) in [5.41, 5.74) is -0.203. The Morgan fingerprint density at radius 2 is 2.36 bits per heavy atom. The molecule has 0 spiro atoms. The lowest BCUT2D eigenvalue weighted by molar-refractivity contribution is -0.152. The van der Waals surface area contributed by atoms with Crippen LogP contribution in [0.4, 0.5) is 0 Å². The highest BCUT2D eigenvalue weighted by Crippen LogP contribution is 2.40. The first-order chi connectivity index (χ1) is 6.47. The standard InChI is InChI=1S/C11H18O3/c1-4-14-10(13)9-6-5-8(12)7-11(9,2)3/h5,9,12H,4,6-7H2,1-3H3.